The van der Waals surface area contributed by atoms with E-state index in [4.69, 9.17) is 10.8 Å². The molecule has 0 saturated heterocycles. The molecule has 0 unspecified atom stereocenters. The molecule has 18 heavy (non-hydrogen) atoms. The SMILES string of the molecule is C[C@H](NC(=O)[C@@H](N)Cc1ccccc1)C(=O)O.O. The van der Waals surface area contributed by atoms with Crippen molar-refractivity contribution in [2.24, 2.45) is 5.73 Å². The number of hydrogen-bond acceptors (Lipinski definition) is 3. The number of aliphatic carboxylic acids is 1. The summed E-state index contributed by atoms with van der Waals surface area (Å²) in [6, 6.07) is 7.67. The van der Waals surface area contributed by atoms with Crippen LogP contribution in [0.25, 0.3) is 0 Å². The zero-order valence-corrected chi connectivity index (χ0v) is 10.1. The highest BCUT2D eigenvalue weighted by molar-refractivity contribution is 5.86. The quantitative estimate of drug-likeness (QED) is 0.644. The monoisotopic (exact) mass is 254 g/mol. The van der Waals surface area contributed by atoms with Gasteiger partial charge in [0.25, 0.3) is 0 Å². The Bertz CT molecular complexity index is 394. The van der Waals surface area contributed by atoms with Crippen molar-refractivity contribution in [3.8, 4) is 0 Å². The van der Waals surface area contributed by atoms with E-state index in [1.54, 1.807) is 0 Å². The number of hydrogen-bond donors (Lipinski definition) is 3. The lowest BCUT2D eigenvalue weighted by atomic mass is 10.1. The summed E-state index contributed by atoms with van der Waals surface area (Å²) in [4.78, 5) is 22.1. The third kappa shape index (κ3) is 4.94. The fourth-order valence-corrected chi connectivity index (χ4v) is 1.34. The number of rotatable bonds is 5. The molecule has 2 atom stereocenters. The summed E-state index contributed by atoms with van der Waals surface area (Å²) in [7, 11) is 0. The molecule has 0 fully saturated rings. The fourth-order valence-electron chi connectivity index (χ4n) is 1.34. The Morgan fingerprint density at radius 2 is 1.89 bits per heavy atom. The Morgan fingerprint density at radius 1 is 1.33 bits per heavy atom. The van der Waals surface area contributed by atoms with Crippen molar-refractivity contribution >= 4 is 11.9 Å². The third-order valence-corrected chi connectivity index (χ3v) is 2.36. The Balaban J connectivity index is 0.00000289. The van der Waals surface area contributed by atoms with E-state index in [0.29, 0.717) is 6.42 Å². The van der Waals surface area contributed by atoms with Gasteiger partial charge in [-0.1, -0.05) is 30.3 Å². The molecular formula is C12H18N2O4. The van der Waals surface area contributed by atoms with Crippen molar-refractivity contribution in [3.63, 3.8) is 0 Å². The third-order valence-electron chi connectivity index (χ3n) is 2.36. The van der Waals surface area contributed by atoms with Crippen molar-refractivity contribution < 1.29 is 20.2 Å². The number of amides is 1. The van der Waals surface area contributed by atoms with Gasteiger partial charge in [0.1, 0.15) is 6.04 Å². The van der Waals surface area contributed by atoms with Gasteiger partial charge in [-0.3, -0.25) is 9.59 Å². The fraction of sp³-hybridized carbons (Fsp3) is 0.333. The van der Waals surface area contributed by atoms with Crippen molar-refractivity contribution in [2.45, 2.75) is 25.4 Å². The first kappa shape index (κ1) is 16.1. The van der Waals surface area contributed by atoms with Crippen LogP contribution in [0.15, 0.2) is 30.3 Å². The number of nitrogens with one attached hydrogen (secondary N) is 1. The summed E-state index contributed by atoms with van der Waals surface area (Å²) >= 11 is 0. The van der Waals surface area contributed by atoms with Gasteiger partial charge in [-0.15, -0.1) is 0 Å². The molecule has 0 saturated carbocycles. The molecule has 0 aliphatic carbocycles. The molecule has 1 aromatic rings. The van der Waals surface area contributed by atoms with E-state index in [2.05, 4.69) is 5.32 Å². The average Bonchev–Trinajstić information content (AvgIpc) is 2.29. The van der Waals surface area contributed by atoms with Crippen LogP contribution in [0.2, 0.25) is 0 Å². The van der Waals surface area contributed by atoms with Crippen LogP contribution in [-0.4, -0.2) is 34.5 Å². The Morgan fingerprint density at radius 3 is 2.39 bits per heavy atom. The van der Waals surface area contributed by atoms with Crippen molar-refractivity contribution in [2.75, 3.05) is 0 Å². The van der Waals surface area contributed by atoms with E-state index in [9.17, 15) is 9.59 Å². The van der Waals surface area contributed by atoms with Crippen molar-refractivity contribution in [3.05, 3.63) is 35.9 Å². The van der Waals surface area contributed by atoms with Gasteiger partial charge in [-0.05, 0) is 18.9 Å². The minimum Gasteiger partial charge on any atom is -0.480 e. The molecule has 0 radical (unpaired) electrons. The van der Waals surface area contributed by atoms with Crippen molar-refractivity contribution in [1.82, 2.24) is 5.32 Å². The molecule has 1 amide bonds. The van der Waals surface area contributed by atoms with Crippen LogP contribution in [0.3, 0.4) is 0 Å². The second-order valence-electron chi connectivity index (χ2n) is 3.86. The van der Waals surface area contributed by atoms with Gasteiger partial charge in [0.2, 0.25) is 5.91 Å². The molecule has 1 aromatic carbocycles. The first-order chi connectivity index (χ1) is 8.00. The number of carboxylic acid groups (broad SMARTS) is 1. The number of benzene rings is 1. The molecule has 100 valence electrons. The first-order valence-corrected chi connectivity index (χ1v) is 5.33. The molecule has 6 N–H and O–H groups in total. The van der Waals surface area contributed by atoms with Crippen LogP contribution in [0.1, 0.15) is 12.5 Å². The Labute approximate surface area is 105 Å². The van der Waals surface area contributed by atoms with Crippen LogP contribution < -0.4 is 11.1 Å². The van der Waals surface area contributed by atoms with Gasteiger partial charge in [0, 0.05) is 0 Å². The van der Waals surface area contributed by atoms with E-state index in [-0.39, 0.29) is 5.48 Å². The lowest BCUT2D eigenvalue weighted by Crippen LogP contribution is -2.47. The number of carbonyl (C=O) groups excluding carboxylic acids is 1. The summed E-state index contributed by atoms with van der Waals surface area (Å²) in [6.45, 7) is 1.40. The molecule has 1 rings (SSSR count). The molecule has 0 heterocycles. The van der Waals surface area contributed by atoms with Gasteiger partial charge in [0.15, 0.2) is 0 Å². The molecule has 0 spiro atoms. The summed E-state index contributed by atoms with van der Waals surface area (Å²) in [5, 5.41) is 11.0. The van der Waals surface area contributed by atoms with E-state index < -0.39 is 24.0 Å². The molecule has 0 bridgehead atoms. The minimum atomic E-state index is -1.08. The van der Waals surface area contributed by atoms with E-state index in [1.807, 2.05) is 30.3 Å². The Hall–Kier alpha value is -1.92. The maximum atomic E-state index is 11.6. The van der Waals surface area contributed by atoms with Crippen LogP contribution in [0.4, 0.5) is 0 Å². The predicted molar refractivity (Wildman–Crippen MR) is 67.0 cm³/mol. The molecule has 0 aliphatic heterocycles. The lowest BCUT2D eigenvalue weighted by molar-refractivity contribution is -0.141. The highest BCUT2D eigenvalue weighted by Gasteiger charge is 2.19. The van der Waals surface area contributed by atoms with Crippen molar-refractivity contribution in [1.29, 1.82) is 0 Å². The first-order valence-electron chi connectivity index (χ1n) is 5.33. The van der Waals surface area contributed by atoms with E-state index in [0.717, 1.165) is 5.56 Å². The average molecular weight is 254 g/mol. The predicted octanol–water partition coefficient (Wildman–Crippen LogP) is -0.679. The highest BCUT2D eigenvalue weighted by atomic mass is 16.4. The van der Waals surface area contributed by atoms with E-state index in [1.165, 1.54) is 6.92 Å². The molecule has 6 nitrogen and oxygen atoms in total. The maximum Gasteiger partial charge on any atom is 0.325 e. The normalized spacial score (nSPS) is 13.0. The van der Waals surface area contributed by atoms with E-state index >= 15 is 0 Å². The topological polar surface area (TPSA) is 124 Å². The van der Waals surface area contributed by atoms with Gasteiger partial charge < -0.3 is 21.6 Å². The minimum absolute atomic E-state index is 0. The number of carboxylic acids is 1. The van der Waals surface area contributed by atoms with Crippen LogP contribution in [0, 0.1) is 0 Å². The van der Waals surface area contributed by atoms with Gasteiger partial charge in [-0.25, -0.2) is 0 Å². The second kappa shape index (κ2) is 7.41. The van der Waals surface area contributed by atoms with Crippen LogP contribution >= 0.6 is 0 Å². The summed E-state index contributed by atoms with van der Waals surface area (Å²) < 4.78 is 0. The molecule has 6 heteroatoms. The Kier molecular flexibility index (Phi) is 6.62. The summed E-state index contributed by atoms with van der Waals surface area (Å²) in [6.07, 6.45) is 0.388. The second-order valence-corrected chi connectivity index (χ2v) is 3.86. The smallest absolute Gasteiger partial charge is 0.325 e. The summed E-state index contributed by atoms with van der Waals surface area (Å²) in [5.74, 6) is -1.53. The van der Waals surface area contributed by atoms with Gasteiger partial charge >= 0.3 is 5.97 Å². The molecule has 0 aliphatic rings. The number of carbonyl (C=O) groups is 2. The summed E-state index contributed by atoms with van der Waals surface area (Å²) in [5.41, 5.74) is 6.64. The maximum absolute atomic E-state index is 11.6. The lowest BCUT2D eigenvalue weighted by Gasteiger charge is -2.14. The molecule has 0 aromatic heterocycles. The van der Waals surface area contributed by atoms with Crippen LogP contribution in [0.5, 0.6) is 0 Å². The zero-order valence-electron chi connectivity index (χ0n) is 10.1. The molecular weight excluding hydrogens is 236 g/mol. The van der Waals surface area contributed by atoms with Gasteiger partial charge in [0.05, 0.1) is 6.04 Å². The van der Waals surface area contributed by atoms with Crippen LogP contribution in [-0.2, 0) is 16.0 Å². The largest absolute Gasteiger partial charge is 0.480 e. The highest BCUT2D eigenvalue weighted by Crippen LogP contribution is 2.02. The standard InChI is InChI=1S/C12H16N2O3.H2O/c1-8(12(16)17)14-11(15)10(13)7-9-5-3-2-4-6-9;/h2-6,8,10H,7,13H2,1H3,(H,14,15)(H,16,17);1H2/t8-,10-;/m0./s1. The van der Waals surface area contributed by atoms with Gasteiger partial charge in [-0.2, -0.15) is 0 Å². The zero-order chi connectivity index (χ0) is 12.8. The number of nitrogens with two attached hydrogens (primary N) is 1.